The summed E-state index contributed by atoms with van der Waals surface area (Å²) < 4.78 is 10.3. The number of allylic oxidation sites excluding steroid dienone is 7. The Labute approximate surface area is 228 Å². The van der Waals surface area contributed by atoms with E-state index < -0.39 is 6.16 Å². The van der Waals surface area contributed by atoms with Gasteiger partial charge in [0.25, 0.3) is 0 Å². The number of rotatable bonds is 3. The molecule has 0 unspecified atom stereocenters. The monoisotopic (exact) mass is 517 g/mol. The highest BCUT2D eigenvalue weighted by atomic mass is 16.7. The van der Waals surface area contributed by atoms with E-state index >= 15 is 0 Å². The van der Waals surface area contributed by atoms with Crippen molar-refractivity contribution in [3.8, 4) is 6.07 Å². The molecule has 0 aromatic heterocycles. The van der Waals surface area contributed by atoms with Gasteiger partial charge in [-0.05, 0) is 112 Å². The van der Waals surface area contributed by atoms with Gasteiger partial charge in [0.1, 0.15) is 0 Å². The summed E-state index contributed by atoms with van der Waals surface area (Å²) in [6.07, 6.45) is 13.9. The van der Waals surface area contributed by atoms with Gasteiger partial charge in [-0.3, -0.25) is 4.79 Å². The van der Waals surface area contributed by atoms with Crippen molar-refractivity contribution in [3.63, 3.8) is 0 Å². The SMILES string of the molecule is CCOC(=O)OC1=C(C)C2=CC=C3[C@@](C)(CC[C@@]4(CC)[C@@H]5C[C@](C)(C#N)CC[C@]5(C)CC[C@]34C)C2=CC1=O. The molecule has 0 aromatic rings. The summed E-state index contributed by atoms with van der Waals surface area (Å²) in [7, 11) is 0. The highest BCUT2D eigenvalue weighted by Gasteiger charge is 2.67. The Morgan fingerprint density at radius 3 is 2.42 bits per heavy atom. The molecule has 0 radical (unpaired) electrons. The van der Waals surface area contributed by atoms with Crippen LogP contribution in [0.3, 0.4) is 0 Å². The Hall–Kier alpha value is -2.61. The lowest BCUT2D eigenvalue weighted by Crippen LogP contribution is -2.62. The Bertz CT molecular complexity index is 1260. The number of hydrogen-bond acceptors (Lipinski definition) is 5. The lowest BCUT2D eigenvalue weighted by atomic mass is 9.33. The number of nitriles is 1. The minimum atomic E-state index is -0.842. The fourth-order valence-electron chi connectivity index (χ4n) is 9.48. The van der Waals surface area contributed by atoms with Crippen molar-refractivity contribution in [1.82, 2.24) is 0 Å². The van der Waals surface area contributed by atoms with Crippen molar-refractivity contribution in [3.05, 3.63) is 46.3 Å². The van der Waals surface area contributed by atoms with Crippen molar-refractivity contribution >= 4 is 11.9 Å². The molecule has 5 aliphatic carbocycles. The lowest BCUT2D eigenvalue weighted by Gasteiger charge is -2.70. The van der Waals surface area contributed by atoms with Crippen molar-refractivity contribution in [2.75, 3.05) is 6.61 Å². The number of carbonyl (C=O) groups excluding carboxylic acids is 2. The maximum absolute atomic E-state index is 13.3. The molecule has 0 amide bonds. The Balaban J connectivity index is 1.61. The van der Waals surface area contributed by atoms with Gasteiger partial charge in [0.2, 0.25) is 5.78 Å². The van der Waals surface area contributed by atoms with E-state index in [4.69, 9.17) is 9.47 Å². The zero-order valence-electron chi connectivity index (χ0n) is 24.3. The average molecular weight is 518 g/mol. The van der Waals surface area contributed by atoms with Gasteiger partial charge in [-0.15, -0.1) is 0 Å². The summed E-state index contributed by atoms with van der Waals surface area (Å²) in [6, 6.07) is 2.70. The third-order valence-electron chi connectivity index (χ3n) is 11.9. The molecular weight excluding hydrogens is 474 g/mol. The molecule has 6 atom stereocenters. The Morgan fingerprint density at radius 2 is 1.76 bits per heavy atom. The van der Waals surface area contributed by atoms with E-state index in [1.165, 1.54) is 12.0 Å². The number of nitrogens with zero attached hydrogens (tertiary/aromatic N) is 1. The number of ether oxygens (including phenoxy) is 2. The van der Waals surface area contributed by atoms with Crippen LogP contribution >= 0.6 is 0 Å². The molecule has 0 saturated heterocycles. The molecular formula is C33H43NO4. The molecule has 5 heteroatoms. The van der Waals surface area contributed by atoms with Crippen LogP contribution in [0.15, 0.2) is 46.3 Å². The molecule has 3 fully saturated rings. The van der Waals surface area contributed by atoms with Gasteiger partial charge in [-0.25, -0.2) is 4.79 Å². The van der Waals surface area contributed by atoms with Crippen molar-refractivity contribution in [2.45, 2.75) is 99.8 Å². The Kier molecular flexibility index (Phi) is 6.18. The van der Waals surface area contributed by atoms with Crippen molar-refractivity contribution in [2.24, 2.45) is 33.0 Å². The first-order valence-electron chi connectivity index (χ1n) is 14.5. The van der Waals surface area contributed by atoms with Crippen LogP contribution in [0.5, 0.6) is 0 Å². The molecule has 204 valence electrons. The van der Waals surface area contributed by atoms with Crippen LogP contribution in [-0.2, 0) is 14.3 Å². The van der Waals surface area contributed by atoms with Gasteiger partial charge in [-0.2, -0.15) is 5.26 Å². The maximum atomic E-state index is 13.3. The summed E-state index contributed by atoms with van der Waals surface area (Å²) in [5.41, 5.74) is 4.04. The van der Waals surface area contributed by atoms with Gasteiger partial charge < -0.3 is 9.47 Å². The van der Waals surface area contributed by atoms with E-state index in [9.17, 15) is 14.9 Å². The van der Waals surface area contributed by atoms with Gasteiger partial charge in [0.15, 0.2) is 5.76 Å². The number of ketones is 1. The topological polar surface area (TPSA) is 76.4 Å². The largest absolute Gasteiger partial charge is 0.513 e. The first kappa shape index (κ1) is 27.0. The lowest BCUT2D eigenvalue weighted by molar-refractivity contribution is -0.166. The number of carbonyl (C=O) groups is 2. The van der Waals surface area contributed by atoms with Crippen LogP contribution < -0.4 is 0 Å². The zero-order chi connectivity index (χ0) is 27.7. The van der Waals surface area contributed by atoms with E-state index in [-0.39, 0.29) is 45.2 Å². The van der Waals surface area contributed by atoms with Crippen LogP contribution in [0, 0.1) is 44.3 Å². The predicted molar refractivity (Wildman–Crippen MR) is 147 cm³/mol. The molecule has 0 bridgehead atoms. The standard InChI is InChI=1S/C33H43NO4/c1-8-33-17-15-31(6)23-18-24(35)27(38-28(36)37-9-2)21(3)22(23)10-11-25(31)32(33,7)16-14-30(5)13-12-29(4,20-34)19-26(30)33/h10-11,18,26H,8-9,12-17,19H2,1-7H3/t26-,29-,30-,31+,32-,33+/m1/s1. The molecule has 0 spiro atoms. The van der Waals surface area contributed by atoms with Crippen LogP contribution in [0.2, 0.25) is 0 Å². The van der Waals surface area contributed by atoms with Crippen LogP contribution in [0.4, 0.5) is 4.79 Å². The second kappa shape index (κ2) is 8.70. The molecule has 5 aliphatic rings. The predicted octanol–water partition coefficient (Wildman–Crippen LogP) is 8.14. The second-order valence-corrected chi connectivity index (χ2v) is 13.6. The highest BCUT2D eigenvalue weighted by molar-refractivity contribution is 6.08. The third kappa shape index (κ3) is 3.48. The molecule has 5 nitrogen and oxygen atoms in total. The van der Waals surface area contributed by atoms with Crippen LogP contribution in [0.1, 0.15) is 99.8 Å². The fourth-order valence-corrected chi connectivity index (χ4v) is 9.48. The van der Waals surface area contributed by atoms with E-state index in [1.807, 2.05) is 6.92 Å². The average Bonchev–Trinajstić information content (AvgIpc) is 2.88. The van der Waals surface area contributed by atoms with E-state index in [0.717, 1.165) is 56.1 Å². The summed E-state index contributed by atoms with van der Waals surface area (Å²) in [4.78, 5) is 25.3. The van der Waals surface area contributed by atoms with Crippen molar-refractivity contribution in [1.29, 1.82) is 5.26 Å². The minimum Gasteiger partial charge on any atom is -0.434 e. The van der Waals surface area contributed by atoms with E-state index in [2.05, 4.69) is 52.8 Å². The molecule has 0 heterocycles. The molecule has 0 N–H and O–H groups in total. The summed E-state index contributed by atoms with van der Waals surface area (Å²) >= 11 is 0. The van der Waals surface area contributed by atoms with Gasteiger partial charge in [0.05, 0.1) is 18.1 Å². The quantitative estimate of drug-likeness (QED) is 0.353. The van der Waals surface area contributed by atoms with Gasteiger partial charge in [0, 0.05) is 11.0 Å². The van der Waals surface area contributed by atoms with Crippen LogP contribution in [0.25, 0.3) is 0 Å². The van der Waals surface area contributed by atoms with E-state index in [0.29, 0.717) is 11.5 Å². The summed E-state index contributed by atoms with van der Waals surface area (Å²) in [5, 5.41) is 10.1. The maximum Gasteiger partial charge on any atom is 0.513 e. The molecule has 0 aromatic carbocycles. The first-order chi connectivity index (χ1) is 17.8. The fraction of sp³-hybridized carbons (Fsp3) is 0.667. The third-order valence-corrected chi connectivity index (χ3v) is 11.9. The van der Waals surface area contributed by atoms with Crippen LogP contribution in [-0.4, -0.2) is 18.5 Å². The minimum absolute atomic E-state index is 0.0160. The second-order valence-electron chi connectivity index (χ2n) is 13.6. The number of fused-ring (bicyclic) bond motifs is 7. The van der Waals surface area contributed by atoms with Crippen molar-refractivity contribution < 1.29 is 19.1 Å². The smallest absolute Gasteiger partial charge is 0.434 e. The Morgan fingerprint density at radius 1 is 1.05 bits per heavy atom. The summed E-state index contributed by atoms with van der Waals surface area (Å²) in [6.45, 7) is 15.6. The summed E-state index contributed by atoms with van der Waals surface area (Å²) in [5.74, 6) is 0.298. The zero-order valence-corrected chi connectivity index (χ0v) is 24.3. The van der Waals surface area contributed by atoms with E-state index in [1.54, 1.807) is 13.0 Å². The molecule has 5 rings (SSSR count). The van der Waals surface area contributed by atoms with Gasteiger partial charge in [-0.1, -0.05) is 45.4 Å². The molecule has 3 saturated carbocycles. The normalized spacial score (nSPS) is 41.8. The number of hydrogen-bond donors (Lipinski definition) is 0. The first-order valence-corrected chi connectivity index (χ1v) is 14.5. The highest BCUT2D eigenvalue weighted by Crippen LogP contribution is 2.76. The molecule has 0 aliphatic heterocycles. The molecule has 38 heavy (non-hydrogen) atoms. The van der Waals surface area contributed by atoms with Gasteiger partial charge >= 0.3 is 6.16 Å².